The van der Waals surface area contributed by atoms with Crippen LogP contribution in [0.2, 0.25) is 0 Å². The van der Waals surface area contributed by atoms with E-state index in [-0.39, 0.29) is 12.5 Å². The number of rotatable bonds is 5. The van der Waals surface area contributed by atoms with Crippen LogP contribution in [0.25, 0.3) is 0 Å². The van der Waals surface area contributed by atoms with Gasteiger partial charge in [-0.25, -0.2) is 9.59 Å². The van der Waals surface area contributed by atoms with Crippen LogP contribution in [0.3, 0.4) is 0 Å². The van der Waals surface area contributed by atoms with Gasteiger partial charge in [0, 0.05) is 0 Å². The molecule has 118 valence electrons. The Balaban J connectivity index is 2.86. The Hall–Kier alpha value is -2.12. The molecule has 0 spiro atoms. The minimum Gasteiger partial charge on any atom is -0.480 e. The van der Waals surface area contributed by atoms with Crippen LogP contribution < -0.4 is 10.6 Å². The zero-order valence-corrected chi connectivity index (χ0v) is 12.4. The van der Waals surface area contributed by atoms with Crippen molar-refractivity contribution in [3.05, 3.63) is 0 Å². The number of piperazine rings is 1. The summed E-state index contributed by atoms with van der Waals surface area (Å²) < 4.78 is 0. The molecule has 8 heteroatoms. The smallest absolute Gasteiger partial charge is 0.326 e. The number of hydrogen-bond acceptors (Lipinski definition) is 4. The van der Waals surface area contributed by atoms with Gasteiger partial charge in [0.1, 0.15) is 18.6 Å². The van der Waals surface area contributed by atoms with Crippen LogP contribution >= 0.6 is 0 Å². The van der Waals surface area contributed by atoms with Crippen molar-refractivity contribution in [3.8, 4) is 0 Å². The fourth-order valence-electron chi connectivity index (χ4n) is 2.18. The molecule has 3 atom stereocenters. The molecule has 0 saturated carbocycles. The van der Waals surface area contributed by atoms with E-state index in [1.54, 1.807) is 13.8 Å². The Morgan fingerprint density at radius 1 is 1.43 bits per heavy atom. The minimum atomic E-state index is -1.14. The van der Waals surface area contributed by atoms with Crippen LogP contribution in [-0.2, 0) is 14.4 Å². The van der Waals surface area contributed by atoms with E-state index in [0.717, 1.165) is 4.90 Å². The number of aliphatic carboxylic acids is 1. The number of imide groups is 1. The molecule has 3 N–H and O–H groups in total. The average Bonchev–Trinajstić information content (AvgIpc) is 2.42. The van der Waals surface area contributed by atoms with Crippen molar-refractivity contribution >= 4 is 23.8 Å². The molecule has 0 bridgehead atoms. The maximum atomic E-state index is 12.2. The lowest BCUT2D eigenvalue weighted by atomic mass is 9.99. The van der Waals surface area contributed by atoms with Gasteiger partial charge in [-0.2, -0.15) is 0 Å². The van der Waals surface area contributed by atoms with Gasteiger partial charge in [0.05, 0.1) is 0 Å². The summed E-state index contributed by atoms with van der Waals surface area (Å²) in [6.07, 6.45) is 0.918. The molecule has 21 heavy (non-hydrogen) atoms. The van der Waals surface area contributed by atoms with Crippen molar-refractivity contribution in [1.29, 1.82) is 0 Å². The summed E-state index contributed by atoms with van der Waals surface area (Å²) in [7, 11) is 0. The second-order valence-corrected chi connectivity index (χ2v) is 5.12. The van der Waals surface area contributed by atoms with E-state index in [0.29, 0.717) is 12.8 Å². The third-order valence-electron chi connectivity index (χ3n) is 3.66. The van der Waals surface area contributed by atoms with Crippen molar-refractivity contribution in [2.24, 2.45) is 5.92 Å². The Bertz CT molecular complexity index is 451. The number of carboxylic acids is 1. The number of urea groups is 1. The number of hydrogen-bond donors (Lipinski definition) is 3. The fraction of sp³-hybridized carbons (Fsp3) is 0.692. The van der Waals surface area contributed by atoms with Gasteiger partial charge in [-0.15, -0.1) is 0 Å². The Kier molecular flexibility index (Phi) is 5.69. The van der Waals surface area contributed by atoms with E-state index in [4.69, 9.17) is 5.11 Å². The molecule has 1 heterocycles. The molecule has 0 aromatic rings. The van der Waals surface area contributed by atoms with E-state index in [2.05, 4.69) is 10.6 Å². The van der Waals surface area contributed by atoms with Crippen LogP contribution in [0.15, 0.2) is 0 Å². The highest BCUT2D eigenvalue weighted by Gasteiger charge is 2.37. The lowest BCUT2D eigenvalue weighted by Crippen LogP contribution is -2.63. The van der Waals surface area contributed by atoms with Gasteiger partial charge in [-0.3, -0.25) is 14.9 Å². The van der Waals surface area contributed by atoms with Crippen LogP contribution in [0.5, 0.6) is 0 Å². The standard InChI is InChI=1S/C13H21N3O5/c1-4-7(3)10(12(19)20)15-13(21)16-6-9(17)14-11(18)8(16)5-2/h7-8,10H,4-6H2,1-3H3,(H,15,21)(H,19,20)(H,14,17,18)/t7-,8?,10-/m0/s1. The molecule has 8 nitrogen and oxygen atoms in total. The molecule has 1 aliphatic rings. The SMILES string of the molecule is CCC1C(=O)NC(=O)CN1C(=O)N[C@H](C(=O)O)[C@@H](C)CC. The topological polar surface area (TPSA) is 116 Å². The molecule has 0 aliphatic carbocycles. The van der Waals surface area contributed by atoms with Crippen molar-refractivity contribution < 1.29 is 24.3 Å². The largest absolute Gasteiger partial charge is 0.480 e. The average molecular weight is 299 g/mol. The summed E-state index contributed by atoms with van der Waals surface area (Å²) in [5, 5.41) is 13.7. The molecule has 1 unspecified atom stereocenters. The lowest BCUT2D eigenvalue weighted by molar-refractivity contribution is -0.140. The fourth-order valence-corrected chi connectivity index (χ4v) is 2.18. The maximum Gasteiger partial charge on any atom is 0.326 e. The Morgan fingerprint density at radius 3 is 2.52 bits per heavy atom. The summed E-state index contributed by atoms with van der Waals surface area (Å²) in [5.74, 6) is -2.52. The van der Waals surface area contributed by atoms with E-state index in [9.17, 15) is 19.2 Å². The molecule has 0 radical (unpaired) electrons. The highest BCUT2D eigenvalue weighted by atomic mass is 16.4. The number of nitrogens with one attached hydrogen (secondary N) is 2. The van der Waals surface area contributed by atoms with Gasteiger partial charge < -0.3 is 15.3 Å². The van der Waals surface area contributed by atoms with Gasteiger partial charge in [0.25, 0.3) is 0 Å². The minimum absolute atomic E-state index is 0.261. The van der Waals surface area contributed by atoms with E-state index in [1.807, 2.05) is 6.92 Å². The summed E-state index contributed by atoms with van der Waals surface area (Å²) >= 11 is 0. The number of amides is 4. The number of carbonyl (C=O) groups excluding carboxylic acids is 3. The first-order chi connectivity index (χ1) is 9.81. The van der Waals surface area contributed by atoms with Gasteiger partial charge in [0.2, 0.25) is 11.8 Å². The molecule has 0 aromatic carbocycles. The third-order valence-corrected chi connectivity index (χ3v) is 3.66. The van der Waals surface area contributed by atoms with E-state index < -0.39 is 35.9 Å². The summed E-state index contributed by atoms with van der Waals surface area (Å²) in [5.41, 5.74) is 0. The zero-order valence-electron chi connectivity index (χ0n) is 12.4. The summed E-state index contributed by atoms with van der Waals surface area (Å²) in [6, 6.07) is -2.54. The van der Waals surface area contributed by atoms with Gasteiger partial charge in [-0.05, 0) is 12.3 Å². The predicted octanol–water partition coefficient (Wildman–Crippen LogP) is -0.0677. The second kappa shape index (κ2) is 7.05. The number of carboxylic acid groups (broad SMARTS) is 1. The van der Waals surface area contributed by atoms with E-state index in [1.165, 1.54) is 0 Å². The third kappa shape index (κ3) is 3.93. The molecule has 1 rings (SSSR count). The number of nitrogens with zero attached hydrogens (tertiary/aromatic N) is 1. The van der Waals surface area contributed by atoms with Crippen LogP contribution in [-0.4, -0.2) is 52.4 Å². The van der Waals surface area contributed by atoms with Crippen molar-refractivity contribution in [2.45, 2.75) is 45.7 Å². The molecular formula is C13H21N3O5. The summed E-state index contributed by atoms with van der Waals surface area (Å²) in [6.45, 7) is 4.98. The molecule has 1 saturated heterocycles. The van der Waals surface area contributed by atoms with Crippen molar-refractivity contribution in [1.82, 2.24) is 15.5 Å². The molecule has 1 fully saturated rings. The van der Waals surface area contributed by atoms with E-state index >= 15 is 0 Å². The first-order valence-corrected chi connectivity index (χ1v) is 6.95. The van der Waals surface area contributed by atoms with Gasteiger partial charge in [0.15, 0.2) is 0 Å². The van der Waals surface area contributed by atoms with Gasteiger partial charge in [-0.1, -0.05) is 27.2 Å². The maximum absolute atomic E-state index is 12.2. The second-order valence-electron chi connectivity index (χ2n) is 5.12. The number of carbonyl (C=O) groups is 4. The van der Waals surface area contributed by atoms with Crippen LogP contribution in [0.4, 0.5) is 4.79 Å². The van der Waals surface area contributed by atoms with Gasteiger partial charge >= 0.3 is 12.0 Å². The van der Waals surface area contributed by atoms with Crippen LogP contribution in [0, 0.1) is 5.92 Å². The van der Waals surface area contributed by atoms with Crippen LogP contribution in [0.1, 0.15) is 33.6 Å². The normalized spacial score (nSPS) is 21.5. The highest BCUT2D eigenvalue weighted by molar-refractivity contribution is 6.04. The van der Waals surface area contributed by atoms with Crippen molar-refractivity contribution in [2.75, 3.05) is 6.54 Å². The Morgan fingerprint density at radius 2 is 2.05 bits per heavy atom. The zero-order chi connectivity index (χ0) is 16.2. The molecule has 1 aliphatic heterocycles. The predicted molar refractivity (Wildman–Crippen MR) is 73.3 cm³/mol. The first-order valence-electron chi connectivity index (χ1n) is 6.95. The Labute approximate surface area is 122 Å². The van der Waals surface area contributed by atoms with Crippen molar-refractivity contribution in [3.63, 3.8) is 0 Å². The first kappa shape index (κ1) is 16.9. The quantitative estimate of drug-likeness (QED) is 0.615. The molecule has 0 aromatic heterocycles. The summed E-state index contributed by atoms with van der Waals surface area (Å²) in [4.78, 5) is 47.6. The molecular weight excluding hydrogens is 278 g/mol. The lowest BCUT2D eigenvalue weighted by Gasteiger charge is -2.34. The molecule has 4 amide bonds. The highest BCUT2D eigenvalue weighted by Crippen LogP contribution is 2.12. The monoisotopic (exact) mass is 299 g/mol.